The van der Waals surface area contributed by atoms with Crippen LogP contribution in [0.25, 0.3) is 0 Å². The first-order valence-corrected chi connectivity index (χ1v) is 6.50. The van der Waals surface area contributed by atoms with E-state index in [1.54, 1.807) is 30.3 Å². The standard InChI is InChI=1S/C14H12Cl2N2O2/c15-10-5-11(16)7-12(6-10)20-8-9-3-1-2-4-13(9)14(17)18-19/h1-7,19H,8H2,(H2,17,18). The minimum atomic E-state index is 0.0355. The van der Waals surface area contributed by atoms with Gasteiger partial charge < -0.3 is 15.7 Å². The average molecular weight is 311 g/mol. The van der Waals surface area contributed by atoms with E-state index in [9.17, 15) is 0 Å². The third kappa shape index (κ3) is 3.56. The van der Waals surface area contributed by atoms with E-state index in [0.29, 0.717) is 21.4 Å². The van der Waals surface area contributed by atoms with E-state index in [4.69, 9.17) is 38.9 Å². The molecule has 0 fully saturated rings. The number of benzene rings is 2. The Hall–Kier alpha value is -1.91. The summed E-state index contributed by atoms with van der Waals surface area (Å²) in [6.07, 6.45) is 0. The van der Waals surface area contributed by atoms with Crippen LogP contribution in [0.4, 0.5) is 0 Å². The molecule has 3 N–H and O–H groups in total. The molecular weight excluding hydrogens is 299 g/mol. The van der Waals surface area contributed by atoms with E-state index < -0.39 is 0 Å². The maximum absolute atomic E-state index is 8.76. The zero-order valence-electron chi connectivity index (χ0n) is 10.4. The smallest absolute Gasteiger partial charge is 0.170 e. The van der Waals surface area contributed by atoms with Crippen LogP contribution in [-0.2, 0) is 6.61 Å². The van der Waals surface area contributed by atoms with E-state index in [0.717, 1.165) is 5.56 Å². The number of halogens is 2. The summed E-state index contributed by atoms with van der Waals surface area (Å²) in [4.78, 5) is 0. The summed E-state index contributed by atoms with van der Waals surface area (Å²) in [7, 11) is 0. The molecule has 0 saturated carbocycles. The molecule has 0 aromatic heterocycles. The van der Waals surface area contributed by atoms with Crippen LogP contribution in [-0.4, -0.2) is 11.0 Å². The molecule has 0 amide bonds. The van der Waals surface area contributed by atoms with Gasteiger partial charge >= 0.3 is 0 Å². The third-order valence-electron chi connectivity index (χ3n) is 2.63. The van der Waals surface area contributed by atoms with Crippen molar-refractivity contribution >= 4 is 29.0 Å². The zero-order chi connectivity index (χ0) is 14.5. The fourth-order valence-corrected chi connectivity index (χ4v) is 2.23. The molecule has 6 heteroatoms. The molecular formula is C14H12Cl2N2O2. The van der Waals surface area contributed by atoms with Crippen LogP contribution in [0.5, 0.6) is 5.75 Å². The lowest BCUT2D eigenvalue weighted by Gasteiger charge is -2.10. The molecule has 2 aromatic carbocycles. The third-order valence-corrected chi connectivity index (χ3v) is 3.07. The maximum atomic E-state index is 8.76. The molecule has 2 rings (SSSR count). The molecule has 104 valence electrons. The van der Waals surface area contributed by atoms with E-state index in [1.807, 2.05) is 12.1 Å². The van der Waals surface area contributed by atoms with Gasteiger partial charge in [-0.05, 0) is 18.2 Å². The number of amidine groups is 1. The van der Waals surface area contributed by atoms with Gasteiger partial charge in [0, 0.05) is 21.2 Å². The van der Waals surface area contributed by atoms with Gasteiger partial charge in [0.25, 0.3) is 0 Å². The maximum Gasteiger partial charge on any atom is 0.170 e. The second-order valence-corrected chi connectivity index (χ2v) is 4.91. The van der Waals surface area contributed by atoms with Gasteiger partial charge in [0.2, 0.25) is 0 Å². The largest absolute Gasteiger partial charge is 0.489 e. The van der Waals surface area contributed by atoms with Crippen molar-refractivity contribution < 1.29 is 9.94 Å². The Kier molecular flexibility index (Phi) is 4.71. The van der Waals surface area contributed by atoms with Crippen molar-refractivity contribution in [2.24, 2.45) is 10.9 Å². The van der Waals surface area contributed by atoms with E-state index in [2.05, 4.69) is 5.16 Å². The topological polar surface area (TPSA) is 67.8 Å². The second-order valence-electron chi connectivity index (χ2n) is 4.04. The van der Waals surface area contributed by atoms with Gasteiger partial charge in [0.05, 0.1) is 0 Å². The molecule has 0 unspecified atom stereocenters. The lowest BCUT2D eigenvalue weighted by Crippen LogP contribution is -2.16. The number of nitrogens with two attached hydrogens (primary N) is 1. The summed E-state index contributed by atoms with van der Waals surface area (Å²) < 4.78 is 5.63. The summed E-state index contributed by atoms with van der Waals surface area (Å²) in [5, 5.41) is 12.8. The molecule has 0 spiro atoms. The van der Waals surface area contributed by atoms with E-state index >= 15 is 0 Å². The monoisotopic (exact) mass is 310 g/mol. The molecule has 0 saturated heterocycles. The Morgan fingerprint density at radius 3 is 2.45 bits per heavy atom. The highest BCUT2D eigenvalue weighted by Crippen LogP contribution is 2.25. The van der Waals surface area contributed by atoms with Crippen LogP contribution >= 0.6 is 23.2 Å². The van der Waals surface area contributed by atoms with E-state index in [1.165, 1.54) is 0 Å². The molecule has 0 aliphatic rings. The summed E-state index contributed by atoms with van der Waals surface area (Å²) in [5.74, 6) is 0.588. The first kappa shape index (κ1) is 14.5. The van der Waals surface area contributed by atoms with Gasteiger partial charge in [-0.15, -0.1) is 0 Å². The van der Waals surface area contributed by atoms with Crippen molar-refractivity contribution in [1.82, 2.24) is 0 Å². The second kappa shape index (κ2) is 6.50. The molecule has 20 heavy (non-hydrogen) atoms. The Morgan fingerprint density at radius 2 is 1.80 bits per heavy atom. The fraction of sp³-hybridized carbons (Fsp3) is 0.0714. The predicted molar refractivity (Wildman–Crippen MR) is 79.7 cm³/mol. The predicted octanol–water partition coefficient (Wildman–Crippen LogP) is 3.67. The average Bonchev–Trinajstić information content (AvgIpc) is 2.43. The SMILES string of the molecule is N/C(=N\O)c1ccccc1COc1cc(Cl)cc(Cl)c1. The number of ether oxygens (including phenoxy) is 1. The fourth-order valence-electron chi connectivity index (χ4n) is 1.72. The first-order chi connectivity index (χ1) is 9.60. The minimum absolute atomic E-state index is 0.0355. The van der Waals surface area contributed by atoms with Crippen LogP contribution in [0, 0.1) is 0 Å². The van der Waals surface area contributed by atoms with Crippen molar-refractivity contribution in [2.75, 3.05) is 0 Å². The van der Waals surface area contributed by atoms with E-state index in [-0.39, 0.29) is 12.4 Å². The summed E-state index contributed by atoms with van der Waals surface area (Å²) in [6, 6.07) is 12.2. The Bertz CT molecular complexity index is 625. The highest BCUT2D eigenvalue weighted by molar-refractivity contribution is 6.34. The van der Waals surface area contributed by atoms with Crippen LogP contribution in [0.2, 0.25) is 10.0 Å². The van der Waals surface area contributed by atoms with Gasteiger partial charge in [-0.2, -0.15) is 0 Å². The van der Waals surface area contributed by atoms with Gasteiger partial charge in [0.15, 0.2) is 5.84 Å². The summed E-state index contributed by atoms with van der Waals surface area (Å²) in [5.41, 5.74) is 7.02. The summed E-state index contributed by atoms with van der Waals surface area (Å²) in [6.45, 7) is 0.253. The summed E-state index contributed by atoms with van der Waals surface area (Å²) >= 11 is 11.8. The highest BCUT2D eigenvalue weighted by Gasteiger charge is 2.07. The minimum Gasteiger partial charge on any atom is -0.489 e. The highest BCUT2D eigenvalue weighted by atomic mass is 35.5. The number of hydrogen-bond acceptors (Lipinski definition) is 3. The lowest BCUT2D eigenvalue weighted by molar-refractivity contribution is 0.305. The molecule has 0 bridgehead atoms. The molecule has 0 heterocycles. The lowest BCUT2D eigenvalue weighted by atomic mass is 10.1. The van der Waals surface area contributed by atoms with Gasteiger partial charge in [-0.1, -0.05) is 52.6 Å². The van der Waals surface area contributed by atoms with Crippen molar-refractivity contribution in [1.29, 1.82) is 0 Å². The first-order valence-electron chi connectivity index (χ1n) is 5.75. The normalized spacial score (nSPS) is 11.4. The zero-order valence-corrected chi connectivity index (χ0v) is 11.9. The Morgan fingerprint density at radius 1 is 1.15 bits per heavy atom. The molecule has 4 nitrogen and oxygen atoms in total. The number of nitrogens with zero attached hydrogens (tertiary/aromatic N) is 1. The molecule has 0 atom stereocenters. The Labute approximate surface area is 126 Å². The van der Waals surface area contributed by atoms with Gasteiger partial charge in [-0.3, -0.25) is 0 Å². The quantitative estimate of drug-likeness (QED) is 0.392. The van der Waals surface area contributed by atoms with Crippen molar-refractivity contribution in [3.63, 3.8) is 0 Å². The van der Waals surface area contributed by atoms with Crippen molar-refractivity contribution in [2.45, 2.75) is 6.61 Å². The van der Waals surface area contributed by atoms with Crippen LogP contribution in [0.15, 0.2) is 47.6 Å². The Balaban J connectivity index is 2.19. The molecule has 0 radical (unpaired) electrons. The number of oxime groups is 1. The van der Waals surface area contributed by atoms with Crippen molar-refractivity contribution in [3.05, 3.63) is 63.6 Å². The van der Waals surface area contributed by atoms with Crippen LogP contribution < -0.4 is 10.5 Å². The molecule has 2 aromatic rings. The van der Waals surface area contributed by atoms with Crippen LogP contribution in [0.1, 0.15) is 11.1 Å². The number of rotatable bonds is 4. The number of hydrogen-bond donors (Lipinski definition) is 2. The van der Waals surface area contributed by atoms with Crippen molar-refractivity contribution in [3.8, 4) is 5.75 Å². The molecule has 0 aliphatic heterocycles. The van der Waals surface area contributed by atoms with Gasteiger partial charge in [0.1, 0.15) is 12.4 Å². The van der Waals surface area contributed by atoms with Crippen LogP contribution in [0.3, 0.4) is 0 Å². The van der Waals surface area contributed by atoms with Gasteiger partial charge in [-0.25, -0.2) is 0 Å². The molecule has 0 aliphatic carbocycles.